The van der Waals surface area contributed by atoms with Crippen molar-refractivity contribution in [3.63, 3.8) is 0 Å². The van der Waals surface area contributed by atoms with Gasteiger partial charge in [-0.2, -0.15) is 5.26 Å². The average molecular weight is 259 g/mol. The summed E-state index contributed by atoms with van der Waals surface area (Å²) in [5.74, 6) is -0.808. The summed E-state index contributed by atoms with van der Waals surface area (Å²) in [6.07, 6.45) is 1.64. The van der Waals surface area contributed by atoms with E-state index in [2.05, 4.69) is 9.72 Å². The van der Waals surface area contributed by atoms with Gasteiger partial charge in [-0.1, -0.05) is 0 Å². The number of hydrogen-bond acceptors (Lipinski definition) is 5. The van der Waals surface area contributed by atoms with Crippen molar-refractivity contribution in [1.29, 1.82) is 5.26 Å². The highest BCUT2D eigenvalue weighted by molar-refractivity contribution is 5.99. The maximum Gasteiger partial charge on any atom is 0.311 e. The van der Waals surface area contributed by atoms with E-state index in [1.165, 1.54) is 12.0 Å². The predicted octanol–water partition coefficient (Wildman–Crippen LogP) is 0.788. The summed E-state index contributed by atoms with van der Waals surface area (Å²) in [4.78, 5) is 28.9. The van der Waals surface area contributed by atoms with E-state index in [1.807, 2.05) is 6.07 Å². The molecule has 0 spiro atoms. The Morgan fingerprint density at radius 1 is 1.63 bits per heavy atom. The molecule has 2 rings (SSSR count). The molecule has 1 fully saturated rings. The van der Waals surface area contributed by atoms with E-state index < -0.39 is 11.9 Å². The molecule has 2 heterocycles. The van der Waals surface area contributed by atoms with Gasteiger partial charge in [0.15, 0.2) is 5.82 Å². The van der Waals surface area contributed by atoms with Gasteiger partial charge in [0.2, 0.25) is 5.91 Å². The van der Waals surface area contributed by atoms with Gasteiger partial charge in [-0.25, -0.2) is 4.98 Å². The van der Waals surface area contributed by atoms with Crippen molar-refractivity contribution in [2.24, 2.45) is 5.92 Å². The molecule has 19 heavy (non-hydrogen) atoms. The number of aryl methyl sites for hydroxylation is 1. The van der Waals surface area contributed by atoms with Crippen molar-refractivity contribution < 1.29 is 14.3 Å². The van der Waals surface area contributed by atoms with Crippen molar-refractivity contribution >= 4 is 17.7 Å². The minimum absolute atomic E-state index is 0.0904. The van der Waals surface area contributed by atoms with Crippen LogP contribution in [-0.2, 0) is 14.3 Å². The smallest absolute Gasteiger partial charge is 0.311 e. The standard InChI is InChI=1S/C13H13N3O3/c1-8-3-4-15-12(10(8)6-14)16-7-9(5-11(16)17)13(18)19-2/h3-4,9H,5,7H2,1-2H3. The van der Waals surface area contributed by atoms with E-state index in [0.29, 0.717) is 11.4 Å². The number of nitrogens with zero attached hydrogens (tertiary/aromatic N) is 3. The van der Waals surface area contributed by atoms with Gasteiger partial charge >= 0.3 is 5.97 Å². The lowest BCUT2D eigenvalue weighted by Crippen LogP contribution is -2.28. The Balaban J connectivity index is 2.34. The molecule has 6 heteroatoms. The molecule has 0 N–H and O–H groups in total. The summed E-state index contributed by atoms with van der Waals surface area (Å²) in [7, 11) is 1.29. The Labute approximate surface area is 110 Å². The second-order valence-electron chi connectivity index (χ2n) is 4.37. The molecule has 0 aliphatic carbocycles. The second kappa shape index (κ2) is 5.06. The van der Waals surface area contributed by atoms with Gasteiger partial charge < -0.3 is 4.74 Å². The van der Waals surface area contributed by atoms with Gasteiger partial charge in [-0.3, -0.25) is 14.5 Å². The number of carbonyl (C=O) groups is 2. The molecule has 0 aromatic carbocycles. The number of methoxy groups -OCH3 is 1. The van der Waals surface area contributed by atoms with Crippen LogP contribution in [0, 0.1) is 24.2 Å². The molecule has 6 nitrogen and oxygen atoms in total. The van der Waals surface area contributed by atoms with Crippen LogP contribution in [0.5, 0.6) is 0 Å². The van der Waals surface area contributed by atoms with E-state index in [4.69, 9.17) is 5.26 Å². The van der Waals surface area contributed by atoms with Crippen molar-refractivity contribution in [2.45, 2.75) is 13.3 Å². The number of pyridine rings is 1. The summed E-state index contributed by atoms with van der Waals surface area (Å²) < 4.78 is 4.64. The zero-order valence-electron chi connectivity index (χ0n) is 10.7. The summed E-state index contributed by atoms with van der Waals surface area (Å²) in [5, 5.41) is 9.15. The number of carbonyl (C=O) groups excluding carboxylic acids is 2. The van der Waals surface area contributed by atoms with Crippen LogP contribution in [0.4, 0.5) is 5.82 Å². The van der Waals surface area contributed by atoms with E-state index in [-0.39, 0.29) is 18.9 Å². The maximum atomic E-state index is 12.0. The van der Waals surface area contributed by atoms with E-state index in [0.717, 1.165) is 5.56 Å². The number of hydrogen-bond donors (Lipinski definition) is 0. The molecular weight excluding hydrogens is 246 g/mol. The Bertz CT molecular complexity index is 577. The van der Waals surface area contributed by atoms with Gasteiger partial charge in [0.05, 0.1) is 18.6 Å². The molecular formula is C13H13N3O3. The van der Waals surface area contributed by atoms with Gasteiger partial charge in [0, 0.05) is 19.2 Å². The molecule has 1 atom stereocenters. The van der Waals surface area contributed by atoms with Crippen molar-refractivity contribution in [2.75, 3.05) is 18.6 Å². The predicted molar refractivity (Wildman–Crippen MR) is 66.2 cm³/mol. The molecule has 1 unspecified atom stereocenters. The molecule has 1 saturated heterocycles. The zero-order valence-corrected chi connectivity index (χ0v) is 10.7. The first-order valence-electron chi connectivity index (χ1n) is 5.82. The van der Waals surface area contributed by atoms with Crippen LogP contribution < -0.4 is 4.90 Å². The highest BCUT2D eigenvalue weighted by Crippen LogP contribution is 2.27. The van der Waals surface area contributed by atoms with Crippen LogP contribution in [0.2, 0.25) is 0 Å². The van der Waals surface area contributed by atoms with E-state index in [9.17, 15) is 9.59 Å². The topological polar surface area (TPSA) is 83.3 Å². The number of amides is 1. The van der Waals surface area contributed by atoms with E-state index in [1.54, 1.807) is 19.2 Å². The molecule has 0 radical (unpaired) electrons. The average Bonchev–Trinajstić information content (AvgIpc) is 2.79. The Morgan fingerprint density at radius 2 is 2.37 bits per heavy atom. The van der Waals surface area contributed by atoms with Crippen molar-refractivity contribution in [3.8, 4) is 6.07 Å². The Hall–Kier alpha value is -2.42. The van der Waals surface area contributed by atoms with Gasteiger partial charge in [0.1, 0.15) is 6.07 Å². The number of ether oxygens (including phenoxy) is 1. The number of aromatic nitrogens is 1. The number of anilines is 1. The van der Waals surface area contributed by atoms with Gasteiger partial charge in [0.25, 0.3) is 0 Å². The fraction of sp³-hybridized carbons (Fsp3) is 0.385. The molecule has 1 aliphatic rings. The van der Waals surface area contributed by atoms with Gasteiger partial charge in [-0.05, 0) is 18.6 Å². The molecule has 1 aromatic heterocycles. The molecule has 1 aromatic rings. The number of rotatable bonds is 2. The maximum absolute atomic E-state index is 12.0. The highest BCUT2D eigenvalue weighted by Gasteiger charge is 2.37. The molecule has 1 amide bonds. The normalized spacial score (nSPS) is 18.3. The minimum atomic E-state index is -0.494. The summed E-state index contributed by atoms with van der Waals surface area (Å²) in [6.45, 7) is 1.98. The first-order chi connectivity index (χ1) is 9.08. The van der Waals surface area contributed by atoms with Crippen LogP contribution in [0.15, 0.2) is 12.3 Å². The fourth-order valence-electron chi connectivity index (χ4n) is 2.12. The number of nitriles is 1. The van der Waals surface area contributed by atoms with Crippen molar-refractivity contribution in [3.05, 3.63) is 23.4 Å². The third kappa shape index (κ3) is 2.27. The van der Waals surface area contributed by atoms with Crippen LogP contribution in [0.3, 0.4) is 0 Å². The van der Waals surface area contributed by atoms with Crippen LogP contribution in [0.25, 0.3) is 0 Å². The molecule has 0 saturated carbocycles. The first-order valence-corrected chi connectivity index (χ1v) is 5.82. The quantitative estimate of drug-likeness (QED) is 0.733. The van der Waals surface area contributed by atoms with Crippen LogP contribution >= 0.6 is 0 Å². The van der Waals surface area contributed by atoms with Crippen molar-refractivity contribution in [1.82, 2.24) is 4.98 Å². The fourth-order valence-corrected chi connectivity index (χ4v) is 2.12. The molecule has 1 aliphatic heterocycles. The SMILES string of the molecule is COC(=O)C1CC(=O)N(c2nccc(C)c2C#N)C1. The largest absolute Gasteiger partial charge is 0.469 e. The minimum Gasteiger partial charge on any atom is -0.469 e. The molecule has 0 bridgehead atoms. The summed E-state index contributed by atoms with van der Waals surface area (Å²) >= 11 is 0. The summed E-state index contributed by atoms with van der Waals surface area (Å²) in [5.41, 5.74) is 1.11. The first kappa shape index (κ1) is 13.0. The second-order valence-corrected chi connectivity index (χ2v) is 4.37. The lowest BCUT2D eigenvalue weighted by atomic mass is 10.1. The lowest BCUT2D eigenvalue weighted by molar-refractivity contribution is -0.145. The van der Waals surface area contributed by atoms with Gasteiger partial charge in [-0.15, -0.1) is 0 Å². The summed E-state index contributed by atoms with van der Waals surface area (Å²) in [6, 6.07) is 3.76. The monoisotopic (exact) mass is 259 g/mol. The third-order valence-electron chi connectivity index (χ3n) is 3.17. The Morgan fingerprint density at radius 3 is 3.00 bits per heavy atom. The lowest BCUT2D eigenvalue weighted by Gasteiger charge is -2.17. The third-order valence-corrected chi connectivity index (χ3v) is 3.17. The zero-order chi connectivity index (χ0) is 14.0. The van der Waals surface area contributed by atoms with E-state index >= 15 is 0 Å². The number of esters is 1. The highest BCUT2D eigenvalue weighted by atomic mass is 16.5. The molecule has 98 valence electrons. The van der Waals surface area contributed by atoms with Crippen LogP contribution in [0.1, 0.15) is 17.5 Å². The Kier molecular flexibility index (Phi) is 3.47. The van der Waals surface area contributed by atoms with Crippen LogP contribution in [-0.4, -0.2) is 30.5 Å².